The lowest BCUT2D eigenvalue weighted by atomic mass is 9.90. The van der Waals surface area contributed by atoms with Crippen LogP contribution >= 0.6 is 0 Å². The van der Waals surface area contributed by atoms with E-state index in [2.05, 4.69) is 39.9 Å². The van der Waals surface area contributed by atoms with Gasteiger partial charge in [-0.15, -0.1) is 0 Å². The molecule has 1 N–H and O–H groups in total. The smallest absolute Gasteiger partial charge is 0.000253 e. The molecule has 0 heterocycles. The van der Waals surface area contributed by atoms with E-state index >= 15 is 0 Å². The van der Waals surface area contributed by atoms with Crippen LogP contribution in [0.25, 0.3) is 0 Å². The van der Waals surface area contributed by atoms with Crippen molar-refractivity contribution < 1.29 is 0 Å². The summed E-state index contributed by atoms with van der Waals surface area (Å²) in [5.74, 6) is 0.836. The molecule has 0 bridgehead atoms. The van der Waals surface area contributed by atoms with E-state index in [0.29, 0.717) is 5.41 Å². The maximum absolute atomic E-state index is 3.59. The number of nitrogens with one attached hydrogen (secondary N) is 1. The van der Waals surface area contributed by atoms with Crippen molar-refractivity contribution in [3.63, 3.8) is 0 Å². The fourth-order valence-corrected chi connectivity index (χ4v) is 1.44. The van der Waals surface area contributed by atoms with E-state index in [1.165, 1.54) is 32.2 Å². The van der Waals surface area contributed by atoms with E-state index < -0.39 is 0 Å². The molecule has 0 aliphatic heterocycles. The summed E-state index contributed by atoms with van der Waals surface area (Å²) < 4.78 is 0. The van der Waals surface area contributed by atoms with Gasteiger partial charge in [-0.25, -0.2) is 0 Å². The van der Waals surface area contributed by atoms with E-state index in [4.69, 9.17) is 0 Å². The molecule has 1 atom stereocenters. The van der Waals surface area contributed by atoms with Crippen LogP contribution in [0.2, 0.25) is 0 Å². The average Bonchev–Trinajstić information content (AvgIpc) is 2.14. The van der Waals surface area contributed by atoms with Crippen molar-refractivity contribution in [1.29, 1.82) is 0 Å². The van der Waals surface area contributed by atoms with Crippen LogP contribution in [0.15, 0.2) is 0 Å². The van der Waals surface area contributed by atoms with Crippen molar-refractivity contribution in [3.8, 4) is 0 Å². The fourth-order valence-electron chi connectivity index (χ4n) is 1.44. The minimum atomic E-state index is 0.463. The Morgan fingerprint density at radius 3 is 2.36 bits per heavy atom. The number of unbranched alkanes of at least 4 members (excludes halogenated alkanes) is 1. The fraction of sp³-hybridized carbons (Fsp3) is 1.00. The lowest BCUT2D eigenvalue weighted by Crippen LogP contribution is -2.31. The Morgan fingerprint density at radius 1 is 1.21 bits per heavy atom. The van der Waals surface area contributed by atoms with Gasteiger partial charge in [0.1, 0.15) is 0 Å². The predicted octanol–water partition coefficient (Wildman–Crippen LogP) is 3.84. The molecule has 0 aromatic heterocycles. The topological polar surface area (TPSA) is 12.0 Å². The van der Waals surface area contributed by atoms with Gasteiger partial charge in [-0.2, -0.15) is 0 Å². The van der Waals surface area contributed by atoms with Gasteiger partial charge < -0.3 is 5.32 Å². The summed E-state index contributed by atoms with van der Waals surface area (Å²) in [6, 6.07) is 0. The lowest BCUT2D eigenvalue weighted by molar-refractivity contribution is 0.315. The molecule has 0 aromatic rings. The summed E-state index contributed by atoms with van der Waals surface area (Å²) in [5, 5.41) is 3.59. The Bertz CT molecular complexity index is 129. The van der Waals surface area contributed by atoms with Crippen LogP contribution < -0.4 is 5.32 Å². The van der Waals surface area contributed by atoms with Gasteiger partial charge in [0.25, 0.3) is 0 Å². The SMILES string of the molecule is CCCCC(C)CNCC(C)(C)CC. The third-order valence-electron chi connectivity index (χ3n) is 3.10. The van der Waals surface area contributed by atoms with Gasteiger partial charge in [-0.05, 0) is 30.7 Å². The van der Waals surface area contributed by atoms with Crippen LogP contribution in [-0.2, 0) is 0 Å². The minimum Gasteiger partial charge on any atom is -0.316 e. The molecule has 0 amide bonds. The van der Waals surface area contributed by atoms with Crippen molar-refractivity contribution in [1.82, 2.24) is 5.32 Å². The highest BCUT2D eigenvalue weighted by Gasteiger charge is 2.14. The lowest BCUT2D eigenvalue weighted by Gasteiger charge is -2.24. The molecule has 0 aliphatic carbocycles. The highest BCUT2D eigenvalue weighted by molar-refractivity contribution is 4.70. The highest BCUT2D eigenvalue weighted by atomic mass is 14.9. The van der Waals surface area contributed by atoms with Gasteiger partial charge in [0, 0.05) is 6.54 Å². The van der Waals surface area contributed by atoms with Crippen molar-refractivity contribution in [3.05, 3.63) is 0 Å². The molecular weight excluding hydrogens is 170 g/mol. The van der Waals surface area contributed by atoms with Crippen molar-refractivity contribution in [2.75, 3.05) is 13.1 Å². The highest BCUT2D eigenvalue weighted by Crippen LogP contribution is 2.17. The quantitative estimate of drug-likeness (QED) is 0.626. The molecule has 86 valence electrons. The summed E-state index contributed by atoms with van der Waals surface area (Å²) in [6.07, 6.45) is 5.32. The Labute approximate surface area is 90.7 Å². The van der Waals surface area contributed by atoms with E-state index in [1.54, 1.807) is 0 Å². The zero-order chi connectivity index (χ0) is 11.0. The average molecular weight is 199 g/mol. The molecule has 0 radical (unpaired) electrons. The number of hydrogen-bond donors (Lipinski definition) is 1. The minimum absolute atomic E-state index is 0.463. The Balaban J connectivity index is 3.43. The first kappa shape index (κ1) is 14.0. The molecule has 1 heteroatoms. The maximum atomic E-state index is 3.59. The summed E-state index contributed by atoms with van der Waals surface area (Å²) in [7, 11) is 0. The molecule has 0 rings (SSSR count). The first-order valence-electron chi connectivity index (χ1n) is 6.22. The zero-order valence-electron chi connectivity index (χ0n) is 10.8. The normalized spacial score (nSPS) is 14.4. The third kappa shape index (κ3) is 7.37. The van der Waals surface area contributed by atoms with Gasteiger partial charge in [0.15, 0.2) is 0 Å². The molecule has 0 aliphatic rings. The number of hydrogen-bond acceptors (Lipinski definition) is 1. The Hall–Kier alpha value is -0.0400. The van der Waals surface area contributed by atoms with Crippen LogP contribution in [0, 0.1) is 11.3 Å². The van der Waals surface area contributed by atoms with Crippen LogP contribution in [0.1, 0.15) is 60.3 Å². The van der Waals surface area contributed by atoms with Crippen LogP contribution in [0.4, 0.5) is 0 Å². The maximum Gasteiger partial charge on any atom is 0.000253 e. The van der Waals surface area contributed by atoms with E-state index in [1.807, 2.05) is 0 Å². The van der Waals surface area contributed by atoms with Crippen LogP contribution in [0.5, 0.6) is 0 Å². The molecule has 0 saturated carbocycles. The Morgan fingerprint density at radius 2 is 1.86 bits per heavy atom. The first-order chi connectivity index (χ1) is 6.52. The molecule has 0 aromatic carbocycles. The van der Waals surface area contributed by atoms with E-state index in [9.17, 15) is 0 Å². The van der Waals surface area contributed by atoms with E-state index in [0.717, 1.165) is 12.5 Å². The second-order valence-electron chi connectivity index (χ2n) is 5.40. The molecule has 1 unspecified atom stereocenters. The van der Waals surface area contributed by atoms with E-state index in [-0.39, 0.29) is 0 Å². The van der Waals surface area contributed by atoms with Gasteiger partial charge in [-0.3, -0.25) is 0 Å². The standard InChI is InChI=1S/C13H29N/c1-6-8-9-12(3)10-14-11-13(4,5)7-2/h12,14H,6-11H2,1-5H3. The summed E-state index contributed by atoms with van der Waals surface area (Å²) in [4.78, 5) is 0. The Kier molecular flexibility index (Phi) is 7.26. The second-order valence-corrected chi connectivity index (χ2v) is 5.40. The molecular formula is C13H29N. The second kappa shape index (κ2) is 7.28. The predicted molar refractivity (Wildman–Crippen MR) is 65.6 cm³/mol. The molecule has 0 fully saturated rings. The zero-order valence-corrected chi connectivity index (χ0v) is 10.8. The van der Waals surface area contributed by atoms with Gasteiger partial charge in [-0.1, -0.05) is 47.5 Å². The first-order valence-corrected chi connectivity index (χ1v) is 6.22. The third-order valence-corrected chi connectivity index (χ3v) is 3.10. The van der Waals surface area contributed by atoms with Crippen molar-refractivity contribution in [2.24, 2.45) is 11.3 Å². The van der Waals surface area contributed by atoms with Crippen molar-refractivity contribution in [2.45, 2.75) is 60.3 Å². The molecule has 1 nitrogen and oxygen atoms in total. The van der Waals surface area contributed by atoms with Gasteiger partial charge in [0.2, 0.25) is 0 Å². The summed E-state index contributed by atoms with van der Waals surface area (Å²) in [6.45, 7) is 13.9. The number of rotatable bonds is 8. The van der Waals surface area contributed by atoms with Crippen LogP contribution in [-0.4, -0.2) is 13.1 Å². The van der Waals surface area contributed by atoms with Gasteiger partial charge in [0.05, 0.1) is 0 Å². The summed E-state index contributed by atoms with van der Waals surface area (Å²) >= 11 is 0. The monoisotopic (exact) mass is 199 g/mol. The van der Waals surface area contributed by atoms with Crippen molar-refractivity contribution >= 4 is 0 Å². The molecule has 14 heavy (non-hydrogen) atoms. The van der Waals surface area contributed by atoms with Crippen LogP contribution in [0.3, 0.4) is 0 Å². The summed E-state index contributed by atoms with van der Waals surface area (Å²) in [5.41, 5.74) is 0.463. The largest absolute Gasteiger partial charge is 0.316 e. The van der Waals surface area contributed by atoms with Gasteiger partial charge >= 0.3 is 0 Å². The molecule has 0 spiro atoms. The molecule has 0 saturated heterocycles.